The molecule has 3 rings (SSSR count). The summed E-state index contributed by atoms with van der Waals surface area (Å²) < 4.78 is 22.4. The molecule has 3 saturated heterocycles. The van der Waals surface area contributed by atoms with Crippen molar-refractivity contribution in [1.29, 1.82) is 0 Å². The summed E-state index contributed by atoms with van der Waals surface area (Å²) in [5.41, 5.74) is -1.11. The summed E-state index contributed by atoms with van der Waals surface area (Å²) >= 11 is 0. The summed E-state index contributed by atoms with van der Waals surface area (Å²) in [6.07, 6.45) is -0.872. The van der Waals surface area contributed by atoms with Crippen LogP contribution in [0.5, 0.6) is 0 Å². The van der Waals surface area contributed by atoms with Crippen LogP contribution in [0.2, 0.25) is 0 Å². The van der Waals surface area contributed by atoms with Gasteiger partial charge in [-0.2, -0.15) is 0 Å². The van der Waals surface area contributed by atoms with Gasteiger partial charge in [0.2, 0.25) is 0 Å². The normalized spacial score (nSPS) is 45.1. The Bertz CT molecular complexity index is 614. The monoisotopic (exact) mass is 338 g/mol. The predicted molar refractivity (Wildman–Crippen MR) is 80.9 cm³/mol. The third kappa shape index (κ3) is 2.14. The lowest BCUT2D eigenvalue weighted by molar-refractivity contribution is -0.170. The lowest BCUT2D eigenvalue weighted by atomic mass is 9.66. The largest absolute Gasteiger partial charge is 0.456 e. The number of aldehydes is 1. The van der Waals surface area contributed by atoms with Crippen LogP contribution in [0.4, 0.5) is 0 Å². The van der Waals surface area contributed by atoms with Crippen molar-refractivity contribution in [1.82, 2.24) is 0 Å². The summed E-state index contributed by atoms with van der Waals surface area (Å²) in [7, 11) is 0. The molecule has 7 nitrogen and oxygen atoms in total. The molecule has 7 heteroatoms. The van der Waals surface area contributed by atoms with E-state index in [1.807, 2.05) is 20.8 Å². The van der Waals surface area contributed by atoms with Crippen LogP contribution >= 0.6 is 0 Å². The Hall–Kier alpha value is -1.73. The number of carbonyl (C=O) groups excluding carboxylic acids is 3. The maximum atomic E-state index is 12.1. The molecule has 0 amide bonds. The van der Waals surface area contributed by atoms with Gasteiger partial charge in [0.15, 0.2) is 6.61 Å². The molecule has 3 heterocycles. The molecule has 3 aliphatic rings. The Morgan fingerprint density at radius 1 is 1.25 bits per heavy atom. The zero-order valence-corrected chi connectivity index (χ0v) is 14.2. The zero-order valence-electron chi connectivity index (χ0n) is 14.2. The predicted octanol–water partition coefficient (Wildman–Crippen LogP) is 0.797. The third-order valence-electron chi connectivity index (χ3n) is 5.76. The summed E-state index contributed by atoms with van der Waals surface area (Å²) in [5, 5.41) is 0. The van der Waals surface area contributed by atoms with Gasteiger partial charge >= 0.3 is 11.9 Å². The first-order valence-electron chi connectivity index (χ1n) is 7.98. The fraction of sp³-hybridized carbons (Fsp3) is 0.706. The van der Waals surface area contributed by atoms with Gasteiger partial charge in [0, 0.05) is 11.5 Å². The van der Waals surface area contributed by atoms with Gasteiger partial charge in [-0.25, -0.2) is 9.59 Å². The van der Waals surface area contributed by atoms with E-state index >= 15 is 0 Å². The van der Waals surface area contributed by atoms with E-state index in [-0.39, 0.29) is 23.5 Å². The Morgan fingerprint density at radius 2 is 1.92 bits per heavy atom. The molecule has 0 saturated carbocycles. The highest BCUT2D eigenvalue weighted by Gasteiger charge is 2.77. The lowest BCUT2D eigenvalue weighted by Gasteiger charge is -2.39. The minimum absolute atomic E-state index is 0.0630. The Kier molecular flexibility index (Phi) is 3.84. The number of hydrogen-bond acceptors (Lipinski definition) is 7. The average molecular weight is 338 g/mol. The summed E-state index contributed by atoms with van der Waals surface area (Å²) in [6, 6.07) is 0. The van der Waals surface area contributed by atoms with Crippen molar-refractivity contribution in [2.45, 2.75) is 57.2 Å². The number of carbonyl (C=O) groups is 3. The maximum Gasteiger partial charge on any atom is 0.344 e. The molecule has 3 fully saturated rings. The standard InChI is InChI=1S/C17H22O7/c1-8(2)15(20)21-7-11(19)22-13-12-10(6-18)23-17(5)9(3)16(13,4)24-14(12)17/h6,9-10,12-14H,1,7H2,2-5H3. The van der Waals surface area contributed by atoms with Crippen LogP contribution in [0.25, 0.3) is 0 Å². The van der Waals surface area contributed by atoms with E-state index in [0.29, 0.717) is 0 Å². The van der Waals surface area contributed by atoms with Gasteiger partial charge in [0.05, 0.1) is 17.6 Å². The minimum Gasteiger partial charge on any atom is -0.456 e. The molecule has 0 aromatic heterocycles. The fourth-order valence-electron chi connectivity index (χ4n) is 4.25. The van der Waals surface area contributed by atoms with Crippen LogP contribution in [-0.2, 0) is 33.3 Å². The molecule has 0 N–H and O–H groups in total. The third-order valence-corrected chi connectivity index (χ3v) is 5.76. The Balaban J connectivity index is 1.74. The molecule has 3 aliphatic heterocycles. The molecule has 0 spiro atoms. The van der Waals surface area contributed by atoms with Crippen LogP contribution in [0.15, 0.2) is 12.2 Å². The summed E-state index contributed by atoms with van der Waals surface area (Å²) in [4.78, 5) is 34.9. The van der Waals surface area contributed by atoms with Crippen LogP contribution < -0.4 is 0 Å². The number of esters is 2. The smallest absolute Gasteiger partial charge is 0.344 e. The van der Waals surface area contributed by atoms with Crippen LogP contribution in [-0.4, -0.2) is 54.3 Å². The molecule has 132 valence electrons. The first kappa shape index (κ1) is 17.1. The SMILES string of the molecule is C=C(C)C(=O)OCC(=O)OC1C2C(C=O)OC3(C)C2OC1(C)C3C. The van der Waals surface area contributed by atoms with E-state index in [9.17, 15) is 14.4 Å². The average Bonchev–Trinajstić information content (AvgIpc) is 3.03. The minimum atomic E-state index is -0.740. The van der Waals surface area contributed by atoms with Crippen LogP contribution in [0.3, 0.4) is 0 Å². The highest BCUT2D eigenvalue weighted by molar-refractivity contribution is 5.88. The summed E-state index contributed by atoms with van der Waals surface area (Å²) in [5.74, 6) is -1.75. The second kappa shape index (κ2) is 5.39. The van der Waals surface area contributed by atoms with Gasteiger partial charge in [0.1, 0.15) is 24.1 Å². The number of fused-ring (bicyclic) bond motifs is 1. The molecule has 0 aromatic rings. The fourth-order valence-corrected chi connectivity index (χ4v) is 4.25. The van der Waals surface area contributed by atoms with Crippen molar-refractivity contribution in [3.63, 3.8) is 0 Å². The van der Waals surface area contributed by atoms with Gasteiger partial charge < -0.3 is 23.7 Å². The van der Waals surface area contributed by atoms with Gasteiger partial charge in [-0.05, 0) is 20.8 Å². The molecular formula is C17H22O7. The molecule has 24 heavy (non-hydrogen) atoms. The highest BCUT2D eigenvalue weighted by atomic mass is 16.6. The van der Waals surface area contributed by atoms with Crippen LogP contribution in [0.1, 0.15) is 27.7 Å². The van der Waals surface area contributed by atoms with Gasteiger partial charge in [0.25, 0.3) is 0 Å². The van der Waals surface area contributed by atoms with E-state index in [1.54, 1.807) is 0 Å². The highest BCUT2D eigenvalue weighted by Crippen LogP contribution is 2.63. The number of ether oxygens (including phenoxy) is 4. The number of rotatable bonds is 5. The van der Waals surface area contributed by atoms with Crippen molar-refractivity contribution in [3.8, 4) is 0 Å². The second-order valence-corrected chi connectivity index (χ2v) is 7.19. The molecular weight excluding hydrogens is 316 g/mol. The number of hydrogen-bond donors (Lipinski definition) is 0. The van der Waals surface area contributed by atoms with Gasteiger partial charge in [-0.3, -0.25) is 0 Å². The topological polar surface area (TPSA) is 88.1 Å². The van der Waals surface area contributed by atoms with Gasteiger partial charge in [-0.15, -0.1) is 0 Å². The Labute approximate surface area is 140 Å². The molecule has 0 radical (unpaired) electrons. The summed E-state index contributed by atoms with van der Waals surface area (Å²) in [6.45, 7) is 10.2. The van der Waals surface area contributed by atoms with Crippen molar-refractivity contribution in [2.75, 3.05) is 6.61 Å². The quantitative estimate of drug-likeness (QED) is 0.416. The van der Waals surface area contributed by atoms with E-state index in [0.717, 1.165) is 6.29 Å². The first-order valence-corrected chi connectivity index (χ1v) is 7.98. The lowest BCUT2D eigenvalue weighted by Crippen LogP contribution is -2.55. The molecule has 2 bridgehead atoms. The van der Waals surface area contributed by atoms with E-state index in [4.69, 9.17) is 18.9 Å². The zero-order chi connectivity index (χ0) is 17.9. The van der Waals surface area contributed by atoms with Crippen LogP contribution in [0, 0.1) is 11.8 Å². The molecule has 0 aromatic carbocycles. The molecule has 7 atom stereocenters. The van der Waals surface area contributed by atoms with E-state index in [1.165, 1.54) is 6.92 Å². The maximum absolute atomic E-state index is 12.1. The second-order valence-electron chi connectivity index (χ2n) is 7.19. The van der Waals surface area contributed by atoms with Crippen molar-refractivity contribution in [3.05, 3.63) is 12.2 Å². The van der Waals surface area contributed by atoms with Crippen molar-refractivity contribution < 1.29 is 33.3 Å². The van der Waals surface area contributed by atoms with Gasteiger partial charge in [-0.1, -0.05) is 13.5 Å². The molecule has 7 unspecified atom stereocenters. The Morgan fingerprint density at radius 3 is 2.50 bits per heavy atom. The van der Waals surface area contributed by atoms with Crippen molar-refractivity contribution >= 4 is 18.2 Å². The van der Waals surface area contributed by atoms with E-state index in [2.05, 4.69) is 6.58 Å². The van der Waals surface area contributed by atoms with Crippen molar-refractivity contribution in [2.24, 2.45) is 11.8 Å². The first-order chi connectivity index (χ1) is 11.1. The van der Waals surface area contributed by atoms with E-state index < -0.39 is 42.0 Å². The molecule has 0 aliphatic carbocycles.